The molecule has 1 unspecified atom stereocenters. The predicted octanol–water partition coefficient (Wildman–Crippen LogP) is 3.82. The van der Waals surface area contributed by atoms with Crippen LogP contribution in [0.4, 0.5) is 0 Å². The Morgan fingerprint density at radius 3 is 2.73 bits per heavy atom. The van der Waals surface area contributed by atoms with Gasteiger partial charge in [0.1, 0.15) is 5.76 Å². The van der Waals surface area contributed by atoms with Gasteiger partial charge < -0.3 is 9.32 Å². The molecular weight excluding hydrogens is 397 g/mol. The second-order valence-corrected chi connectivity index (χ2v) is 9.18. The molecule has 0 aliphatic carbocycles. The molecule has 1 fully saturated rings. The summed E-state index contributed by atoms with van der Waals surface area (Å²) in [7, 11) is -3.13. The van der Waals surface area contributed by atoms with Gasteiger partial charge in [-0.05, 0) is 42.3 Å². The molecule has 0 spiro atoms. The molecular formula is C18H17Cl2NO4S. The molecule has 1 aliphatic heterocycles. The second kappa shape index (κ2) is 7.86. The zero-order valence-electron chi connectivity index (χ0n) is 13.8. The van der Waals surface area contributed by atoms with E-state index in [1.54, 1.807) is 41.3 Å². The minimum absolute atomic E-state index is 0.0431. The molecule has 2 aromatic rings. The summed E-state index contributed by atoms with van der Waals surface area (Å²) in [6.45, 7) is 0.206. The first-order chi connectivity index (χ1) is 12.3. The Morgan fingerprint density at radius 1 is 1.31 bits per heavy atom. The van der Waals surface area contributed by atoms with E-state index >= 15 is 0 Å². The third kappa shape index (κ3) is 4.69. The maximum atomic E-state index is 12.8. The minimum atomic E-state index is -3.13. The lowest BCUT2D eigenvalue weighted by molar-refractivity contribution is -0.128. The molecule has 1 aromatic heterocycles. The maximum Gasteiger partial charge on any atom is 0.247 e. The van der Waals surface area contributed by atoms with Crippen molar-refractivity contribution >= 4 is 45.0 Å². The Kier molecular flexibility index (Phi) is 5.75. The molecule has 1 aliphatic rings. The van der Waals surface area contributed by atoms with Crippen molar-refractivity contribution in [3.05, 3.63) is 64.0 Å². The highest BCUT2D eigenvalue weighted by molar-refractivity contribution is 7.91. The lowest BCUT2D eigenvalue weighted by Gasteiger charge is -2.27. The van der Waals surface area contributed by atoms with Crippen molar-refractivity contribution in [1.29, 1.82) is 0 Å². The predicted molar refractivity (Wildman–Crippen MR) is 102 cm³/mol. The highest BCUT2D eigenvalue weighted by atomic mass is 35.5. The first kappa shape index (κ1) is 19.0. The number of benzene rings is 1. The third-order valence-corrected chi connectivity index (χ3v) is 6.56. The fourth-order valence-corrected chi connectivity index (χ4v) is 5.08. The second-order valence-electron chi connectivity index (χ2n) is 6.11. The van der Waals surface area contributed by atoms with Gasteiger partial charge >= 0.3 is 0 Å². The average Bonchev–Trinajstić information content (AvgIpc) is 3.21. The van der Waals surface area contributed by atoms with Crippen LogP contribution in [0.3, 0.4) is 0 Å². The molecule has 5 nitrogen and oxygen atoms in total. The zero-order chi connectivity index (χ0) is 18.7. The van der Waals surface area contributed by atoms with Gasteiger partial charge in [-0.15, -0.1) is 0 Å². The summed E-state index contributed by atoms with van der Waals surface area (Å²) in [4.78, 5) is 14.3. The Bertz CT molecular complexity index is 923. The smallest absolute Gasteiger partial charge is 0.247 e. The summed E-state index contributed by atoms with van der Waals surface area (Å²) >= 11 is 12.1. The van der Waals surface area contributed by atoms with Gasteiger partial charge in [0.2, 0.25) is 5.91 Å². The first-order valence-electron chi connectivity index (χ1n) is 8.00. The van der Waals surface area contributed by atoms with E-state index in [9.17, 15) is 13.2 Å². The van der Waals surface area contributed by atoms with Crippen molar-refractivity contribution in [2.45, 2.75) is 19.0 Å². The van der Waals surface area contributed by atoms with Crippen LogP contribution in [0.5, 0.6) is 0 Å². The van der Waals surface area contributed by atoms with Crippen molar-refractivity contribution in [3.8, 4) is 0 Å². The molecule has 1 saturated heterocycles. The van der Waals surface area contributed by atoms with Gasteiger partial charge in [0, 0.05) is 28.7 Å². The van der Waals surface area contributed by atoms with Crippen LogP contribution in [-0.4, -0.2) is 36.8 Å². The third-order valence-electron chi connectivity index (χ3n) is 4.22. The highest BCUT2D eigenvalue weighted by Gasteiger charge is 2.34. The summed E-state index contributed by atoms with van der Waals surface area (Å²) in [6, 6.07) is 8.09. The summed E-state index contributed by atoms with van der Waals surface area (Å²) in [5.74, 6) is 0.285. The molecule has 1 atom stereocenters. The first-order valence-corrected chi connectivity index (χ1v) is 10.6. The van der Waals surface area contributed by atoms with E-state index in [-0.39, 0.29) is 30.0 Å². The number of hydrogen-bond acceptors (Lipinski definition) is 4. The quantitative estimate of drug-likeness (QED) is 0.698. The van der Waals surface area contributed by atoms with E-state index in [0.29, 0.717) is 27.8 Å². The normalized spacial score (nSPS) is 19.1. The lowest BCUT2D eigenvalue weighted by atomic mass is 10.1. The Labute approximate surface area is 162 Å². The molecule has 0 saturated carbocycles. The van der Waals surface area contributed by atoms with E-state index in [1.807, 2.05) is 0 Å². The SMILES string of the molecule is O=C(/C=C/c1ccco1)N(Cc1ccc(Cl)cc1Cl)C1CCS(=O)(=O)C1. The van der Waals surface area contributed by atoms with Gasteiger partial charge in [-0.25, -0.2) is 8.42 Å². The highest BCUT2D eigenvalue weighted by Crippen LogP contribution is 2.26. The van der Waals surface area contributed by atoms with Crippen LogP contribution >= 0.6 is 23.2 Å². The molecule has 1 aromatic carbocycles. The van der Waals surface area contributed by atoms with Crippen LogP contribution in [-0.2, 0) is 21.2 Å². The lowest BCUT2D eigenvalue weighted by Crippen LogP contribution is -2.39. The van der Waals surface area contributed by atoms with Crippen LogP contribution in [0, 0.1) is 0 Å². The van der Waals surface area contributed by atoms with Crippen molar-refractivity contribution in [1.82, 2.24) is 4.90 Å². The van der Waals surface area contributed by atoms with E-state index in [2.05, 4.69) is 0 Å². The summed E-state index contributed by atoms with van der Waals surface area (Å²) in [5.41, 5.74) is 0.708. The largest absolute Gasteiger partial charge is 0.465 e. The van der Waals surface area contributed by atoms with Crippen LogP contribution in [0.25, 0.3) is 6.08 Å². The fraction of sp³-hybridized carbons (Fsp3) is 0.278. The number of furan rings is 1. The van der Waals surface area contributed by atoms with Crippen molar-refractivity contribution in [2.75, 3.05) is 11.5 Å². The van der Waals surface area contributed by atoms with E-state index in [4.69, 9.17) is 27.6 Å². The standard InChI is InChI=1S/C18H17Cl2NO4S/c19-14-4-3-13(17(20)10-14)11-21(15-7-9-26(23,24)12-15)18(22)6-5-16-2-1-8-25-16/h1-6,8,10,15H,7,9,11-12H2/b6-5+. The number of sulfone groups is 1. The molecule has 0 radical (unpaired) electrons. The Morgan fingerprint density at radius 2 is 2.12 bits per heavy atom. The van der Waals surface area contributed by atoms with Crippen LogP contribution in [0.2, 0.25) is 10.0 Å². The Balaban J connectivity index is 1.85. The number of carbonyl (C=O) groups excluding carboxylic acids is 1. The van der Waals surface area contributed by atoms with Gasteiger partial charge in [-0.1, -0.05) is 29.3 Å². The van der Waals surface area contributed by atoms with Crippen LogP contribution < -0.4 is 0 Å². The topological polar surface area (TPSA) is 67.6 Å². The number of rotatable bonds is 5. The van der Waals surface area contributed by atoms with E-state index in [1.165, 1.54) is 12.3 Å². The molecule has 0 bridgehead atoms. The zero-order valence-corrected chi connectivity index (χ0v) is 16.1. The number of carbonyl (C=O) groups is 1. The Hall–Kier alpha value is -1.76. The summed E-state index contributed by atoms with van der Waals surface area (Å²) < 4.78 is 28.9. The van der Waals surface area contributed by atoms with Crippen LogP contribution in [0.15, 0.2) is 47.1 Å². The van der Waals surface area contributed by atoms with E-state index in [0.717, 1.165) is 0 Å². The van der Waals surface area contributed by atoms with Gasteiger partial charge in [-0.2, -0.15) is 0 Å². The summed E-state index contributed by atoms with van der Waals surface area (Å²) in [6.07, 6.45) is 4.86. The van der Waals surface area contributed by atoms with Crippen molar-refractivity contribution in [3.63, 3.8) is 0 Å². The number of hydrogen-bond donors (Lipinski definition) is 0. The molecule has 8 heteroatoms. The molecule has 2 heterocycles. The van der Waals surface area contributed by atoms with Gasteiger partial charge in [0.05, 0.1) is 17.8 Å². The summed E-state index contributed by atoms with van der Waals surface area (Å²) in [5, 5.41) is 0.934. The van der Waals surface area contributed by atoms with Crippen LogP contribution in [0.1, 0.15) is 17.7 Å². The average molecular weight is 414 g/mol. The number of amides is 1. The monoisotopic (exact) mass is 413 g/mol. The van der Waals surface area contributed by atoms with Gasteiger partial charge in [-0.3, -0.25) is 4.79 Å². The molecule has 138 valence electrons. The number of nitrogens with zero attached hydrogens (tertiary/aromatic N) is 1. The van der Waals surface area contributed by atoms with Gasteiger partial charge in [0.25, 0.3) is 0 Å². The number of halogens is 2. The van der Waals surface area contributed by atoms with E-state index < -0.39 is 9.84 Å². The fourth-order valence-electron chi connectivity index (χ4n) is 2.88. The molecule has 1 amide bonds. The maximum absolute atomic E-state index is 12.8. The molecule has 3 rings (SSSR count). The van der Waals surface area contributed by atoms with Crippen molar-refractivity contribution < 1.29 is 17.6 Å². The molecule has 26 heavy (non-hydrogen) atoms. The van der Waals surface area contributed by atoms with Gasteiger partial charge in [0.15, 0.2) is 9.84 Å². The minimum Gasteiger partial charge on any atom is -0.465 e. The van der Waals surface area contributed by atoms with Crippen molar-refractivity contribution in [2.24, 2.45) is 0 Å². The molecule has 0 N–H and O–H groups in total.